The van der Waals surface area contributed by atoms with Crippen molar-refractivity contribution in [1.82, 2.24) is 0 Å². The molecule has 0 heterocycles. The van der Waals surface area contributed by atoms with Crippen molar-refractivity contribution in [1.29, 1.82) is 0 Å². The minimum absolute atomic E-state index is 0.0276. The van der Waals surface area contributed by atoms with Crippen LogP contribution in [0.3, 0.4) is 0 Å². The minimum atomic E-state index is -4.67. The van der Waals surface area contributed by atoms with Gasteiger partial charge in [0, 0.05) is 18.2 Å². The molecule has 1 fully saturated rings. The van der Waals surface area contributed by atoms with Crippen LogP contribution in [0.5, 0.6) is 5.75 Å². The fourth-order valence-electron chi connectivity index (χ4n) is 3.81. The number of hydrogen-bond acceptors (Lipinski definition) is 4. The molecule has 1 amide bonds. The second kappa shape index (κ2) is 9.52. The Morgan fingerprint density at radius 3 is 2.38 bits per heavy atom. The minimum Gasteiger partial charge on any atom is -0.490 e. The van der Waals surface area contributed by atoms with Gasteiger partial charge in [-0.1, -0.05) is 19.4 Å². The van der Waals surface area contributed by atoms with E-state index in [4.69, 9.17) is 4.74 Å². The summed E-state index contributed by atoms with van der Waals surface area (Å²) in [6.07, 6.45) is -0.615. The van der Waals surface area contributed by atoms with Crippen LogP contribution in [0.25, 0.3) is 11.1 Å². The van der Waals surface area contributed by atoms with Crippen molar-refractivity contribution < 1.29 is 31.1 Å². The number of nitrogens with one attached hydrogen (secondary N) is 1. The molecule has 0 saturated heterocycles. The fourth-order valence-corrected chi connectivity index (χ4v) is 4.71. The summed E-state index contributed by atoms with van der Waals surface area (Å²) in [5.41, 5.74) is -0.394. The first-order valence-electron chi connectivity index (χ1n) is 10.5. The van der Waals surface area contributed by atoms with E-state index in [1.165, 1.54) is 44.2 Å². The molecule has 0 aliphatic heterocycles. The lowest BCUT2D eigenvalue weighted by atomic mass is 9.97. The van der Waals surface area contributed by atoms with Crippen LogP contribution in [-0.2, 0) is 20.8 Å². The molecule has 1 N–H and O–H groups in total. The van der Waals surface area contributed by atoms with E-state index in [-0.39, 0.29) is 39.3 Å². The molecule has 5 nitrogen and oxygen atoms in total. The Bertz CT molecular complexity index is 1090. The zero-order valence-electron chi connectivity index (χ0n) is 18.0. The van der Waals surface area contributed by atoms with Crippen molar-refractivity contribution in [2.24, 2.45) is 0 Å². The van der Waals surface area contributed by atoms with E-state index in [0.29, 0.717) is 12.8 Å². The molecule has 0 spiro atoms. The third kappa shape index (κ3) is 5.62. The average Bonchev–Trinajstić information content (AvgIpc) is 2.74. The second-order valence-corrected chi connectivity index (χ2v) is 10.2. The maximum absolute atomic E-state index is 13.9. The van der Waals surface area contributed by atoms with Gasteiger partial charge in [-0.3, -0.25) is 4.79 Å². The largest absolute Gasteiger partial charge is 0.490 e. The highest BCUT2D eigenvalue weighted by Crippen LogP contribution is 2.41. The van der Waals surface area contributed by atoms with Gasteiger partial charge < -0.3 is 10.1 Å². The van der Waals surface area contributed by atoms with E-state index in [0.717, 1.165) is 25.3 Å². The first kappa shape index (κ1) is 24.1. The summed E-state index contributed by atoms with van der Waals surface area (Å²) < 4.78 is 72.0. The summed E-state index contributed by atoms with van der Waals surface area (Å²) in [7, 11) is -3.60. The third-order valence-electron chi connectivity index (χ3n) is 5.48. The molecule has 0 unspecified atom stereocenters. The van der Waals surface area contributed by atoms with Crippen LogP contribution in [-0.4, -0.2) is 26.2 Å². The number of anilines is 1. The highest BCUT2D eigenvalue weighted by atomic mass is 32.2. The highest BCUT2D eigenvalue weighted by molar-refractivity contribution is 7.91. The Kier molecular flexibility index (Phi) is 7.17. The summed E-state index contributed by atoms with van der Waals surface area (Å²) in [6, 6.07) is 7.68. The van der Waals surface area contributed by atoms with Gasteiger partial charge in [-0.05, 0) is 61.6 Å². The number of halogens is 3. The summed E-state index contributed by atoms with van der Waals surface area (Å²) in [4.78, 5) is 11.6. The second-order valence-electron chi connectivity index (χ2n) is 7.88. The smallest absolute Gasteiger partial charge is 0.419 e. The lowest BCUT2D eigenvalue weighted by molar-refractivity contribution is -0.139. The summed E-state index contributed by atoms with van der Waals surface area (Å²) in [5.74, 6) is -0.828. The average molecular weight is 470 g/mol. The molecule has 1 aliphatic carbocycles. The number of carbonyl (C=O) groups excluding carboxylic acids is 1. The molecule has 2 aromatic rings. The van der Waals surface area contributed by atoms with Crippen molar-refractivity contribution in [3.05, 3.63) is 42.0 Å². The van der Waals surface area contributed by atoms with Crippen molar-refractivity contribution in [3.8, 4) is 16.9 Å². The van der Waals surface area contributed by atoms with Crippen LogP contribution >= 0.6 is 0 Å². The quantitative estimate of drug-likeness (QED) is 0.577. The van der Waals surface area contributed by atoms with Crippen LogP contribution in [0.15, 0.2) is 41.3 Å². The van der Waals surface area contributed by atoms with Crippen LogP contribution in [0.1, 0.15) is 51.5 Å². The van der Waals surface area contributed by atoms with E-state index in [1.807, 2.05) is 0 Å². The Morgan fingerprint density at radius 2 is 1.78 bits per heavy atom. The van der Waals surface area contributed by atoms with Gasteiger partial charge in [-0.2, -0.15) is 13.2 Å². The predicted molar refractivity (Wildman–Crippen MR) is 116 cm³/mol. The molecule has 0 bridgehead atoms. The van der Waals surface area contributed by atoms with Crippen molar-refractivity contribution in [3.63, 3.8) is 0 Å². The van der Waals surface area contributed by atoms with Crippen molar-refractivity contribution in [2.45, 2.75) is 63.1 Å². The van der Waals surface area contributed by atoms with Gasteiger partial charge in [0.2, 0.25) is 5.91 Å². The SMILES string of the molecule is CCS(=O)(=O)c1ccc(NC(C)=O)c(-c2ccc(OC3CCCCC3)c(C(F)(F)F)c2)c1. The first-order valence-corrected chi connectivity index (χ1v) is 12.2. The van der Waals surface area contributed by atoms with Crippen LogP contribution in [0, 0.1) is 0 Å². The molecule has 2 aromatic carbocycles. The maximum atomic E-state index is 13.9. The van der Waals surface area contributed by atoms with Gasteiger partial charge in [0.25, 0.3) is 0 Å². The number of rotatable bonds is 6. The van der Waals surface area contributed by atoms with E-state index >= 15 is 0 Å². The molecule has 32 heavy (non-hydrogen) atoms. The molecule has 3 rings (SSSR count). The summed E-state index contributed by atoms with van der Waals surface area (Å²) in [5, 5.41) is 2.56. The Morgan fingerprint density at radius 1 is 1.09 bits per heavy atom. The Labute approximate surface area is 185 Å². The number of benzene rings is 2. The fraction of sp³-hybridized carbons (Fsp3) is 0.435. The normalized spacial score (nSPS) is 15.4. The molecule has 9 heteroatoms. The topological polar surface area (TPSA) is 72.5 Å². The number of amides is 1. The molecule has 1 aliphatic rings. The number of ether oxygens (including phenoxy) is 1. The van der Waals surface area contributed by atoms with Crippen molar-refractivity contribution in [2.75, 3.05) is 11.1 Å². The molecule has 0 atom stereocenters. The van der Waals surface area contributed by atoms with Gasteiger partial charge in [0.15, 0.2) is 9.84 Å². The van der Waals surface area contributed by atoms with Gasteiger partial charge in [-0.15, -0.1) is 0 Å². The van der Waals surface area contributed by atoms with E-state index in [2.05, 4.69) is 5.32 Å². The standard InChI is InChI=1S/C23H26F3NO4S/c1-3-32(29,30)18-10-11-21(27-15(2)28)19(14-18)16-9-12-22(20(13-16)23(24,25)26)31-17-7-5-4-6-8-17/h9-14,17H,3-8H2,1-2H3,(H,27,28). The van der Waals surface area contributed by atoms with Crippen LogP contribution in [0.2, 0.25) is 0 Å². The molecular weight excluding hydrogens is 443 g/mol. The molecular formula is C23H26F3NO4S. The summed E-state index contributed by atoms with van der Waals surface area (Å²) >= 11 is 0. The van der Waals surface area contributed by atoms with E-state index in [1.54, 1.807) is 0 Å². The Balaban J connectivity index is 2.11. The van der Waals surface area contributed by atoms with Gasteiger partial charge in [0.05, 0.1) is 22.3 Å². The molecule has 174 valence electrons. The van der Waals surface area contributed by atoms with Gasteiger partial charge in [0.1, 0.15) is 5.75 Å². The first-order chi connectivity index (χ1) is 15.0. The number of sulfone groups is 1. The summed E-state index contributed by atoms with van der Waals surface area (Å²) in [6.45, 7) is 2.75. The molecule has 1 saturated carbocycles. The zero-order valence-corrected chi connectivity index (χ0v) is 18.8. The van der Waals surface area contributed by atoms with Gasteiger partial charge in [-0.25, -0.2) is 8.42 Å². The van der Waals surface area contributed by atoms with Crippen LogP contribution < -0.4 is 10.1 Å². The number of carbonyl (C=O) groups is 1. The number of hydrogen-bond donors (Lipinski definition) is 1. The monoisotopic (exact) mass is 469 g/mol. The molecule has 0 radical (unpaired) electrons. The lowest BCUT2D eigenvalue weighted by Crippen LogP contribution is -2.21. The number of alkyl halides is 3. The maximum Gasteiger partial charge on any atom is 0.419 e. The van der Waals surface area contributed by atoms with Crippen LogP contribution in [0.4, 0.5) is 18.9 Å². The predicted octanol–water partition coefficient (Wildman–Crippen LogP) is 5.84. The van der Waals surface area contributed by atoms with E-state index < -0.39 is 27.5 Å². The zero-order chi connectivity index (χ0) is 23.5. The van der Waals surface area contributed by atoms with Crippen molar-refractivity contribution >= 4 is 21.4 Å². The highest BCUT2D eigenvalue weighted by Gasteiger charge is 2.36. The molecule has 0 aromatic heterocycles. The van der Waals surface area contributed by atoms with E-state index in [9.17, 15) is 26.4 Å². The Hall–Kier alpha value is -2.55. The third-order valence-corrected chi connectivity index (χ3v) is 7.21. The lowest BCUT2D eigenvalue weighted by Gasteiger charge is -2.25. The van der Waals surface area contributed by atoms with Gasteiger partial charge >= 0.3 is 6.18 Å².